The van der Waals surface area contributed by atoms with Crippen LogP contribution < -0.4 is 5.73 Å². The molecule has 0 saturated heterocycles. The first kappa shape index (κ1) is 12.8. The molecule has 0 aliphatic rings. The van der Waals surface area contributed by atoms with Gasteiger partial charge in [0.25, 0.3) is 0 Å². The van der Waals surface area contributed by atoms with Crippen LogP contribution in [0.15, 0.2) is 6.33 Å². The minimum atomic E-state index is -0.0896. The summed E-state index contributed by atoms with van der Waals surface area (Å²) in [5.41, 5.74) is 9.51. The Kier molecular flexibility index (Phi) is 3.47. The van der Waals surface area contributed by atoms with Gasteiger partial charge in [0.1, 0.15) is 12.2 Å². The van der Waals surface area contributed by atoms with Gasteiger partial charge in [-0.05, 0) is 20.8 Å². The predicted molar refractivity (Wildman–Crippen MR) is 69.0 cm³/mol. The van der Waals surface area contributed by atoms with Crippen LogP contribution in [-0.4, -0.2) is 24.5 Å². The van der Waals surface area contributed by atoms with E-state index >= 15 is 0 Å². The van der Waals surface area contributed by atoms with Crippen molar-refractivity contribution >= 4 is 0 Å². The van der Waals surface area contributed by atoms with Gasteiger partial charge in [-0.25, -0.2) is 4.98 Å². The normalized spacial score (nSPS) is 12.9. The topological polar surface area (TPSA) is 74.6 Å². The van der Waals surface area contributed by atoms with Gasteiger partial charge in [0.2, 0.25) is 0 Å². The Hall–Kier alpha value is -1.69. The molecule has 18 heavy (non-hydrogen) atoms. The van der Waals surface area contributed by atoms with Crippen LogP contribution in [0, 0.1) is 13.8 Å². The van der Waals surface area contributed by atoms with Gasteiger partial charge < -0.3 is 5.73 Å². The fourth-order valence-electron chi connectivity index (χ4n) is 2.34. The standard InChI is InChI=1S/C12H20N6/c1-5-18-11(14-7-15-18)6-10(13)12-8(2)16-17(4)9(12)3/h7,10H,5-6,13H2,1-4H3. The van der Waals surface area contributed by atoms with Crippen molar-refractivity contribution in [3.63, 3.8) is 0 Å². The third-order valence-electron chi connectivity index (χ3n) is 3.33. The van der Waals surface area contributed by atoms with Crippen LogP contribution in [0.4, 0.5) is 0 Å². The Labute approximate surface area is 107 Å². The molecule has 0 aliphatic carbocycles. The second-order valence-electron chi connectivity index (χ2n) is 4.51. The van der Waals surface area contributed by atoms with Gasteiger partial charge in [-0.15, -0.1) is 0 Å². The fraction of sp³-hybridized carbons (Fsp3) is 0.583. The van der Waals surface area contributed by atoms with E-state index in [2.05, 4.69) is 15.2 Å². The molecular formula is C12H20N6. The zero-order valence-electron chi connectivity index (χ0n) is 11.4. The van der Waals surface area contributed by atoms with Crippen molar-refractivity contribution in [1.29, 1.82) is 0 Å². The average Bonchev–Trinajstić information content (AvgIpc) is 2.85. The molecule has 1 unspecified atom stereocenters. The van der Waals surface area contributed by atoms with Crippen LogP contribution in [0.5, 0.6) is 0 Å². The van der Waals surface area contributed by atoms with E-state index in [1.807, 2.05) is 37.2 Å². The zero-order chi connectivity index (χ0) is 13.3. The first-order chi connectivity index (χ1) is 8.54. The number of nitrogens with two attached hydrogens (primary N) is 1. The van der Waals surface area contributed by atoms with E-state index in [1.165, 1.54) is 0 Å². The molecule has 0 radical (unpaired) electrons. The van der Waals surface area contributed by atoms with Gasteiger partial charge in [0, 0.05) is 37.3 Å². The lowest BCUT2D eigenvalue weighted by atomic mass is 10.0. The quantitative estimate of drug-likeness (QED) is 0.872. The van der Waals surface area contributed by atoms with Crippen molar-refractivity contribution in [2.45, 2.75) is 39.8 Å². The van der Waals surface area contributed by atoms with E-state index in [0.717, 1.165) is 29.3 Å². The van der Waals surface area contributed by atoms with Crippen molar-refractivity contribution in [2.24, 2.45) is 12.8 Å². The number of aryl methyl sites for hydroxylation is 3. The van der Waals surface area contributed by atoms with Crippen molar-refractivity contribution in [2.75, 3.05) is 0 Å². The van der Waals surface area contributed by atoms with Crippen LogP contribution >= 0.6 is 0 Å². The van der Waals surface area contributed by atoms with Crippen molar-refractivity contribution in [3.8, 4) is 0 Å². The molecule has 0 saturated carbocycles. The molecule has 2 rings (SSSR count). The molecule has 2 aromatic rings. The maximum absolute atomic E-state index is 6.29. The van der Waals surface area contributed by atoms with Gasteiger partial charge >= 0.3 is 0 Å². The summed E-state index contributed by atoms with van der Waals surface area (Å²) in [5.74, 6) is 0.924. The summed E-state index contributed by atoms with van der Waals surface area (Å²) in [7, 11) is 1.94. The van der Waals surface area contributed by atoms with Gasteiger partial charge in [0.05, 0.1) is 5.69 Å². The van der Waals surface area contributed by atoms with E-state index in [1.54, 1.807) is 6.33 Å². The number of nitrogens with zero attached hydrogens (tertiary/aromatic N) is 5. The molecule has 0 aromatic carbocycles. The highest BCUT2D eigenvalue weighted by Crippen LogP contribution is 2.21. The summed E-state index contributed by atoms with van der Waals surface area (Å²) in [5, 5.41) is 8.56. The molecule has 0 spiro atoms. The van der Waals surface area contributed by atoms with Crippen LogP contribution in [0.2, 0.25) is 0 Å². The highest BCUT2D eigenvalue weighted by molar-refractivity contribution is 5.28. The lowest BCUT2D eigenvalue weighted by Gasteiger charge is -2.12. The molecule has 0 aliphatic heterocycles. The van der Waals surface area contributed by atoms with E-state index in [4.69, 9.17) is 5.73 Å². The highest BCUT2D eigenvalue weighted by atomic mass is 15.3. The van der Waals surface area contributed by atoms with E-state index in [9.17, 15) is 0 Å². The second-order valence-corrected chi connectivity index (χ2v) is 4.51. The largest absolute Gasteiger partial charge is 0.323 e. The van der Waals surface area contributed by atoms with Crippen LogP contribution in [0.1, 0.15) is 35.7 Å². The average molecular weight is 248 g/mol. The van der Waals surface area contributed by atoms with Crippen LogP contribution in [-0.2, 0) is 20.0 Å². The minimum absolute atomic E-state index is 0.0896. The Morgan fingerprint density at radius 3 is 2.67 bits per heavy atom. The summed E-state index contributed by atoms with van der Waals surface area (Å²) in [6, 6.07) is -0.0896. The number of aromatic nitrogens is 5. The fourth-order valence-corrected chi connectivity index (χ4v) is 2.34. The monoisotopic (exact) mass is 248 g/mol. The third-order valence-corrected chi connectivity index (χ3v) is 3.33. The van der Waals surface area contributed by atoms with Gasteiger partial charge in [-0.3, -0.25) is 9.36 Å². The summed E-state index contributed by atoms with van der Waals surface area (Å²) < 4.78 is 3.75. The summed E-state index contributed by atoms with van der Waals surface area (Å²) in [4.78, 5) is 4.26. The Morgan fingerprint density at radius 1 is 1.39 bits per heavy atom. The molecule has 2 heterocycles. The Bertz CT molecular complexity index is 539. The van der Waals surface area contributed by atoms with Crippen molar-refractivity contribution < 1.29 is 0 Å². The Morgan fingerprint density at radius 2 is 2.11 bits per heavy atom. The van der Waals surface area contributed by atoms with Crippen molar-refractivity contribution in [1.82, 2.24) is 24.5 Å². The number of hydrogen-bond donors (Lipinski definition) is 1. The van der Waals surface area contributed by atoms with Crippen LogP contribution in [0.25, 0.3) is 0 Å². The molecule has 6 heteroatoms. The lowest BCUT2D eigenvalue weighted by molar-refractivity contribution is 0.578. The van der Waals surface area contributed by atoms with Crippen LogP contribution in [0.3, 0.4) is 0 Å². The molecule has 0 fully saturated rings. The number of rotatable bonds is 4. The first-order valence-corrected chi connectivity index (χ1v) is 6.17. The molecule has 98 valence electrons. The Balaban J connectivity index is 2.24. The molecule has 6 nitrogen and oxygen atoms in total. The zero-order valence-corrected chi connectivity index (χ0v) is 11.4. The summed E-state index contributed by atoms with van der Waals surface area (Å²) >= 11 is 0. The molecule has 2 N–H and O–H groups in total. The predicted octanol–water partition coefficient (Wildman–Crippen LogP) is 0.891. The highest BCUT2D eigenvalue weighted by Gasteiger charge is 2.19. The van der Waals surface area contributed by atoms with E-state index in [0.29, 0.717) is 6.42 Å². The molecule has 0 amide bonds. The molecule has 1 atom stereocenters. The van der Waals surface area contributed by atoms with E-state index < -0.39 is 0 Å². The van der Waals surface area contributed by atoms with E-state index in [-0.39, 0.29) is 6.04 Å². The van der Waals surface area contributed by atoms with Gasteiger partial charge in [-0.1, -0.05) is 0 Å². The lowest BCUT2D eigenvalue weighted by Crippen LogP contribution is -2.18. The molecular weight excluding hydrogens is 228 g/mol. The number of hydrogen-bond acceptors (Lipinski definition) is 4. The first-order valence-electron chi connectivity index (χ1n) is 6.17. The third kappa shape index (κ3) is 2.15. The smallest absolute Gasteiger partial charge is 0.138 e. The van der Waals surface area contributed by atoms with Gasteiger partial charge in [-0.2, -0.15) is 10.2 Å². The summed E-state index contributed by atoms with van der Waals surface area (Å²) in [6.07, 6.45) is 2.26. The maximum atomic E-state index is 6.29. The maximum Gasteiger partial charge on any atom is 0.138 e. The molecule has 0 bridgehead atoms. The van der Waals surface area contributed by atoms with Gasteiger partial charge in [0.15, 0.2) is 0 Å². The minimum Gasteiger partial charge on any atom is -0.323 e. The van der Waals surface area contributed by atoms with Crippen molar-refractivity contribution in [3.05, 3.63) is 29.1 Å². The SMILES string of the molecule is CCn1ncnc1CC(N)c1c(C)nn(C)c1C. The molecule has 2 aromatic heterocycles. The summed E-state index contributed by atoms with van der Waals surface area (Å²) in [6.45, 7) is 6.89. The second kappa shape index (κ2) is 4.89.